The molecule has 1 aromatic rings. The predicted octanol–water partition coefficient (Wildman–Crippen LogP) is 1.99. The number of nitrogens with one attached hydrogen (secondary N) is 1. The predicted molar refractivity (Wildman–Crippen MR) is 94.9 cm³/mol. The average Bonchev–Trinajstić information content (AvgIpc) is 3.12. The minimum absolute atomic E-state index is 0.0253. The molecule has 134 valence electrons. The third-order valence-electron chi connectivity index (χ3n) is 4.26. The summed E-state index contributed by atoms with van der Waals surface area (Å²) in [7, 11) is -1.92. The average molecular weight is 353 g/mol. The van der Waals surface area contributed by atoms with Crippen LogP contribution >= 0.6 is 0 Å². The van der Waals surface area contributed by atoms with Gasteiger partial charge in [-0.15, -0.1) is 0 Å². The van der Waals surface area contributed by atoms with Gasteiger partial charge >= 0.3 is 0 Å². The lowest BCUT2D eigenvalue weighted by Gasteiger charge is -2.18. The van der Waals surface area contributed by atoms with Crippen molar-refractivity contribution < 1.29 is 13.2 Å². The molecule has 0 bridgehead atoms. The molecule has 7 heteroatoms. The Labute approximate surface area is 145 Å². The van der Waals surface area contributed by atoms with Crippen molar-refractivity contribution in [3.8, 4) is 0 Å². The summed E-state index contributed by atoms with van der Waals surface area (Å²) in [5, 5.41) is 0. The summed E-state index contributed by atoms with van der Waals surface area (Å²) < 4.78 is 28.3. The topological polar surface area (TPSA) is 69.7 Å². The smallest absolute Gasteiger partial charge is 0.279 e. The van der Waals surface area contributed by atoms with Crippen molar-refractivity contribution in [3.63, 3.8) is 0 Å². The van der Waals surface area contributed by atoms with Crippen molar-refractivity contribution in [2.75, 3.05) is 26.7 Å². The van der Waals surface area contributed by atoms with Crippen LogP contribution < -0.4 is 4.72 Å². The van der Waals surface area contributed by atoms with Crippen LogP contribution in [0.1, 0.15) is 48.5 Å². The lowest BCUT2D eigenvalue weighted by atomic mass is 10.1. The number of unbranched alkanes of at least 4 members (excludes halogenated alkanes) is 1. The molecule has 0 spiro atoms. The number of hydrogen-bond donors (Lipinski definition) is 1. The van der Waals surface area contributed by atoms with Crippen LogP contribution in [0.15, 0.2) is 24.3 Å². The number of amides is 1. The highest BCUT2D eigenvalue weighted by molar-refractivity contribution is 7.87. The molecule has 0 aliphatic carbocycles. The van der Waals surface area contributed by atoms with Crippen molar-refractivity contribution in [3.05, 3.63) is 35.4 Å². The van der Waals surface area contributed by atoms with E-state index < -0.39 is 10.2 Å². The summed E-state index contributed by atoms with van der Waals surface area (Å²) in [4.78, 5) is 14.3. The van der Waals surface area contributed by atoms with Gasteiger partial charge in [0.25, 0.3) is 16.1 Å². The molecule has 1 saturated heterocycles. The zero-order valence-electron chi connectivity index (χ0n) is 14.5. The summed E-state index contributed by atoms with van der Waals surface area (Å²) in [6.45, 7) is 4.31. The van der Waals surface area contributed by atoms with Gasteiger partial charge < -0.3 is 4.90 Å². The van der Waals surface area contributed by atoms with Gasteiger partial charge in [-0.05, 0) is 37.0 Å². The van der Waals surface area contributed by atoms with E-state index in [0.717, 1.165) is 44.3 Å². The largest absolute Gasteiger partial charge is 0.339 e. The molecule has 0 atom stereocenters. The highest BCUT2D eigenvalue weighted by Crippen LogP contribution is 2.14. The first kappa shape index (κ1) is 18.9. The summed E-state index contributed by atoms with van der Waals surface area (Å²) in [5.74, 6) is 0.0253. The van der Waals surface area contributed by atoms with Crippen LogP contribution in [-0.2, 0) is 16.8 Å². The second kappa shape index (κ2) is 8.60. The highest BCUT2D eigenvalue weighted by atomic mass is 32.2. The van der Waals surface area contributed by atoms with Gasteiger partial charge in [-0.3, -0.25) is 4.79 Å². The number of rotatable bonds is 8. The summed E-state index contributed by atoms with van der Waals surface area (Å²) in [5.41, 5.74) is 1.40. The minimum atomic E-state index is -3.49. The molecule has 6 nitrogen and oxygen atoms in total. The van der Waals surface area contributed by atoms with E-state index in [-0.39, 0.29) is 12.5 Å². The minimum Gasteiger partial charge on any atom is -0.339 e. The Hall–Kier alpha value is -1.44. The molecule has 0 aromatic heterocycles. The molecule has 1 heterocycles. The molecular weight excluding hydrogens is 326 g/mol. The molecule has 24 heavy (non-hydrogen) atoms. The van der Waals surface area contributed by atoms with Crippen molar-refractivity contribution in [2.24, 2.45) is 0 Å². The standard InChI is InChI=1S/C17H27N3O3S/c1-3-4-10-19(2)24(22,23)18-14-15-8-7-9-16(13-15)17(21)20-11-5-6-12-20/h7-9,13,18H,3-6,10-12,14H2,1-2H3. The zero-order valence-corrected chi connectivity index (χ0v) is 15.3. The second-order valence-corrected chi connectivity index (χ2v) is 8.06. The van der Waals surface area contributed by atoms with E-state index in [1.807, 2.05) is 17.9 Å². The SMILES string of the molecule is CCCCN(C)S(=O)(=O)NCc1cccc(C(=O)N2CCCC2)c1. The maximum Gasteiger partial charge on any atom is 0.279 e. The molecule has 2 rings (SSSR count). The molecule has 1 aromatic carbocycles. The molecule has 1 N–H and O–H groups in total. The van der Waals surface area contributed by atoms with E-state index >= 15 is 0 Å². The van der Waals surface area contributed by atoms with Crippen molar-refractivity contribution in [1.82, 2.24) is 13.9 Å². The first-order chi connectivity index (χ1) is 11.4. The molecular formula is C17H27N3O3S. The van der Waals surface area contributed by atoms with Crippen molar-refractivity contribution in [1.29, 1.82) is 0 Å². The Morgan fingerprint density at radius 1 is 1.29 bits per heavy atom. The Morgan fingerprint density at radius 3 is 2.67 bits per heavy atom. The fraction of sp³-hybridized carbons (Fsp3) is 0.588. The normalized spacial score (nSPS) is 15.2. The fourth-order valence-electron chi connectivity index (χ4n) is 2.70. The van der Waals surface area contributed by atoms with Gasteiger partial charge in [0.2, 0.25) is 0 Å². The molecule has 0 unspecified atom stereocenters. The quantitative estimate of drug-likeness (QED) is 0.777. The Bertz CT molecular complexity index is 655. The van der Waals surface area contributed by atoms with Gasteiger partial charge in [0, 0.05) is 38.8 Å². The van der Waals surface area contributed by atoms with E-state index in [4.69, 9.17) is 0 Å². The number of nitrogens with zero attached hydrogens (tertiary/aromatic N) is 2. The van der Waals surface area contributed by atoms with Crippen LogP contribution in [0.2, 0.25) is 0 Å². The molecule has 0 saturated carbocycles. The maximum absolute atomic E-state index is 12.4. The first-order valence-electron chi connectivity index (χ1n) is 8.53. The van der Waals surface area contributed by atoms with Gasteiger partial charge in [-0.1, -0.05) is 25.5 Å². The molecule has 0 radical (unpaired) electrons. The summed E-state index contributed by atoms with van der Waals surface area (Å²) in [6, 6.07) is 7.18. The van der Waals surface area contributed by atoms with Crippen molar-refractivity contribution in [2.45, 2.75) is 39.2 Å². The van der Waals surface area contributed by atoms with Crippen LogP contribution in [0.4, 0.5) is 0 Å². The van der Waals surface area contributed by atoms with E-state index in [9.17, 15) is 13.2 Å². The lowest BCUT2D eigenvalue weighted by molar-refractivity contribution is 0.0792. The Kier molecular flexibility index (Phi) is 6.77. The van der Waals surface area contributed by atoms with E-state index in [0.29, 0.717) is 12.1 Å². The summed E-state index contributed by atoms with van der Waals surface area (Å²) >= 11 is 0. The maximum atomic E-state index is 12.4. The van der Waals surface area contributed by atoms with Crippen LogP contribution in [-0.4, -0.2) is 50.2 Å². The monoisotopic (exact) mass is 353 g/mol. The van der Waals surface area contributed by atoms with Crippen molar-refractivity contribution >= 4 is 16.1 Å². The van der Waals surface area contributed by atoms with Crippen LogP contribution in [0.25, 0.3) is 0 Å². The molecule has 1 aliphatic heterocycles. The number of hydrogen-bond acceptors (Lipinski definition) is 3. The number of carbonyl (C=O) groups is 1. The second-order valence-electron chi connectivity index (χ2n) is 6.20. The summed E-state index contributed by atoms with van der Waals surface area (Å²) in [6.07, 6.45) is 3.88. The highest BCUT2D eigenvalue weighted by Gasteiger charge is 2.20. The van der Waals surface area contributed by atoms with E-state index in [2.05, 4.69) is 4.72 Å². The van der Waals surface area contributed by atoms with Crippen LogP contribution in [0.3, 0.4) is 0 Å². The zero-order chi connectivity index (χ0) is 17.6. The van der Waals surface area contributed by atoms with Gasteiger partial charge in [0.05, 0.1) is 0 Å². The molecule has 1 fully saturated rings. The molecule has 1 amide bonds. The third-order valence-corrected chi connectivity index (χ3v) is 5.78. The van der Waals surface area contributed by atoms with Gasteiger partial charge in [0.1, 0.15) is 0 Å². The number of benzene rings is 1. The first-order valence-corrected chi connectivity index (χ1v) is 9.97. The van der Waals surface area contributed by atoms with E-state index in [1.54, 1.807) is 25.2 Å². The molecule has 1 aliphatic rings. The van der Waals surface area contributed by atoms with Gasteiger partial charge in [0.15, 0.2) is 0 Å². The Morgan fingerprint density at radius 2 is 2.00 bits per heavy atom. The lowest BCUT2D eigenvalue weighted by Crippen LogP contribution is -2.38. The number of likely N-dealkylation sites (tertiary alicyclic amines) is 1. The van der Waals surface area contributed by atoms with Crippen LogP contribution in [0, 0.1) is 0 Å². The van der Waals surface area contributed by atoms with Gasteiger partial charge in [-0.25, -0.2) is 0 Å². The van der Waals surface area contributed by atoms with Crippen LogP contribution in [0.5, 0.6) is 0 Å². The number of carbonyl (C=O) groups excluding carboxylic acids is 1. The Balaban J connectivity index is 1.98. The fourth-order valence-corrected chi connectivity index (χ4v) is 3.64. The van der Waals surface area contributed by atoms with E-state index in [1.165, 1.54) is 4.31 Å². The third kappa shape index (κ3) is 5.03. The van der Waals surface area contributed by atoms with Gasteiger partial charge in [-0.2, -0.15) is 17.4 Å².